The van der Waals surface area contributed by atoms with Gasteiger partial charge >= 0.3 is 0 Å². The van der Waals surface area contributed by atoms with E-state index in [1.165, 1.54) is 0 Å². The number of hydrogen-bond acceptors (Lipinski definition) is 3. The lowest BCUT2D eigenvalue weighted by atomic mass is 10.1. The first kappa shape index (κ1) is 13.3. The molecule has 0 aliphatic carbocycles. The summed E-state index contributed by atoms with van der Waals surface area (Å²) in [4.78, 5) is 13.8. The molecule has 1 heterocycles. The van der Waals surface area contributed by atoms with E-state index >= 15 is 0 Å². The van der Waals surface area contributed by atoms with Crippen molar-refractivity contribution in [2.75, 3.05) is 19.6 Å². The van der Waals surface area contributed by atoms with E-state index in [0.717, 1.165) is 18.7 Å². The molecule has 1 fully saturated rings. The fourth-order valence-corrected chi connectivity index (χ4v) is 2.43. The minimum Gasteiger partial charge on any atom is -0.348 e. The Hall–Kier alpha value is -1.10. The molecule has 1 aliphatic heterocycles. The zero-order chi connectivity index (χ0) is 13.1. The SMILES string of the molecule is CC(NC(=O)CN1CC(N)C1)c1ccccc1Cl. The van der Waals surface area contributed by atoms with Gasteiger partial charge in [-0.15, -0.1) is 0 Å². The quantitative estimate of drug-likeness (QED) is 0.861. The highest BCUT2D eigenvalue weighted by molar-refractivity contribution is 6.31. The Bertz CT molecular complexity index is 432. The number of benzene rings is 1. The lowest BCUT2D eigenvalue weighted by molar-refractivity contribution is -0.123. The standard InChI is InChI=1S/C13H18ClN3O/c1-9(11-4-2-3-5-12(11)14)16-13(18)8-17-6-10(15)7-17/h2-5,9-10H,6-8,15H2,1H3,(H,16,18). The molecule has 1 saturated heterocycles. The van der Waals surface area contributed by atoms with Crippen molar-refractivity contribution in [3.8, 4) is 0 Å². The van der Waals surface area contributed by atoms with Gasteiger partial charge in [-0.25, -0.2) is 0 Å². The van der Waals surface area contributed by atoms with Crippen LogP contribution in [0.5, 0.6) is 0 Å². The van der Waals surface area contributed by atoms with Gasteiger partial charge in [-0.1, -0.05) is 29.8 Å². The van der Waals surface area contributed by atoms with E-state index < -0.39 is 0 Å². The van der Waals surface area contributed by atoms with E-state index in [0.29, 0.717) is 11.6 Å². The average Bonchev–Trinajstić information content (AvgIpc) is 2.27. The molecule has 1 unspecified atom stereocenters. The van der Waals surface area contributed by atoms with E-state index in [-0.39, 0.29) is 18.0 Å². The highest BCUT2D eigenvalue weighted by Crippen LogP contribution is 2.22. The molecule has 0 aromatic heterocycles. The highest BCUT2D eigenvalue weighted by Gasteiger charge is 2.25. The van der Waals surface area contributed by atoms with E-state index in [1.807, 2.05) is 36.1 Å². The molecular weight excluding hydrogens is 250 g/mol. The van der Waals surface area contributed by atoms with Crippen molar-refractivity contribution in [1.29, 1.82) is 0 Å². The van der Waals surface area contributed by atoms with E-state index in [4.69, 9.17) is 17.3 Å². The number of nitrogens with two attached hydrogens (primary N) is 1. The van der Waals surface area contributed by atoms with Crippen LogP contribution in [0, 0.1) is 0 Å². The van der Waals surface area contributed by atoms with Crippen LogP contribution in [-0.2, 0) is 4.79 Å². The normalized spacial score (nSPS) is 18.2. The third-order valence-electron chi connectivity index (χ3n) is 3.10. The van der Waals surface area contributed by atoms with Crippen molar-refractivity contribution >= 4 is 17.5 Å². The number of hydrogen-bond donors (Lipinski definition) is 2. The molecule has 5 heteroatoms. The monoisotopic (exact) mass is 267 g/mol. The van der Waals surface area contributed by atoms with Gasteiger partial charge in [0, 0.05) is 24.2 Å². The maximum atomic E-state index is 11.8. The molecule has 1 aromatic rings. The number of rotatable bonds is 4. The molecule has 0 saturated carbocycles. The molecule has 0 bridgehead atoms. The summed E-state index contributed by atoms with van der Waals surface area (Å²) in [5, 5.41) is 3.62. The Morgan fingerprint density at radius 3 is 2.83 bits per heavy atom. The molecule has 2 rings (SSSR count). The molecule has 1 aromatic carbocycles. The minimum atomic E-state index is -0.0823. The van der Waals surface area contributed by atoms with Crippen LogP contribution >= 0.6 is 11.6 Å². The van der Waals surface area contributed by atoms with Crippen LogP contribution in [-0.4, -0.2) is 36.5 Å². The molecule has 0 radical (unpaired) electrons. The van der Waals surface area contributed by atoms with Crippen molar-refractivity contribution in [1.82, 2.24) is 10.2 Å². The van der Waals surface area contributed by atoms with Gasteiger partial charge in [0.25, 0.3) is 0 Å². The van der Waals surface area contributed by atoms with Gasteiger partial charge < -0.3 is 11.1 Å². The van der Waals surface area contributed by atoms with Crippen LogP contribution in [0.3, 0.4) is 0 Å². The second-order valence-corrected chi connectivity index (χ2v) is 5.17. The zero-order valence-electron chi connectivity index (χ0n) is 10.4. The summed E-state index contributed by atoms with van der Waals surface area (Å²) in [6, 6.07) is 7.68. The molecule has 98 valence electrons. The van der Waals surface area contributed by atoms with Gasteiger partial charge in [0.2, 0.25) is 5.91 Å². The first-order valence-corrected chi connectivity index (χ1v) is 6.46. The van der Waals surface area contributed by atoms with E-state index in [2.05, 4.69) is 5.32 Å². The van der Waals surface area contributed by atoms with Crippen molar-refractivity contribution in [3.63, 3.8) is 0 Å². The Morgan fingerprint density at radius 2 is 2.22 bits per heavy atom. The Kier molecular flexibility index (Phi) is 4.22. The summed E-state index contributed by atoms with van der Waals surface area (Å²) in [6.45, 7) is 3.94. The number of likely N-dealkylation sites (tertiary alicyclic amines) is 1. The zero-order valence-corrected chi connectivity index (χ0v) is 11.2. The van der Waals surface area contributed by atoms with Gasteiger partial charge in [0.1, 0.15) is 0 Å². The van der Waals surface area contributed by atoms with Crippen molar-refractivity contribution in [2.24, 2.45) is 5.73 Å². The molecule has 1 atom stereocenters. The Balaban J connectivity index is 1.85. The van der Waals surface area contributed by atoms with Crippen molar-refractivity contribution in [3.05, 3.63) is 34.9 Å². The number of carbonyl (C=O) groups is 1. The summed E-state index contributed by atoms with van der Waals surface area (Å²) in [5.74, 6) is 0.00863. The minimum absolute atomic E-state index is 0.00863. The predicted octanol–water partition coefficient (Wildman–Crippen LogP) is 1.16. The summed E-state index contributed by atoms with van der Waals surface area (Å²) in [6.07, 6.45) is 0. The number of nitrogens with one attached hydrogen (secondary N) is 1. The molecule has 3 N–H and O–H groups in total. The van der Waals surface area contributed by atoms with E-state index in [1.54, 1.807) is 0 Å². The first-order chi connectivity index (χ1) is 8.56. The largest absolute Gasteiger partial charge is 0.348 e. The second kappa shape index (κ2) is 5.69. The summed E-state index contributed by atoms with van der Waals surface area (Å²) in [7, 11) is 0. The number of nitrogens with zero attached hydrogens (tertiary/aromatic N) is 1. The fraction of sp³-hybridized carbons (Fsp3) is 0.462. The summed E-state index contributed by atoms with van der Waals surface area (Å²) < 4.78 is 0. The Labute approximate surface area is 112 Å². The van der Waals surface area contributed by atoms with Crippen LogP contribution in [0.1, 0.15) is 18.5 Å². The highest BCUT2D eigenvalue weighted by atomic mass is 35.5. The van der Waals surface area contributed by atoms with Gasteiger partial charge in [-0.05, 0) is 18.6 Å². The lowest BCUT2D eigenvalue weighted by Crippen LogP contribution is -2.58. The molecule has 1 amide bonds. The molecule has 1 aliphatic rings. The third kappa shape index (κ3) is 3.22. The summed E-state index contributed by atoms with van der Waals surface area (Å²) >= 11 is 6.09. The van der Waals surface area contributed by atoms with Gasteiger partial charge in [0.15, 0.2) is 0 Å². The van der Waals surface area contributed by atoms with Gasteiger partial charge in [-0.2, -0.15) is 0 Å². The smallest absolute Gasteiger partial charge is 0.234 e. The number of halogens is 1. The second-order valence-electron chi connectivity index (χ2n) is 4.76. The van der Waals surface area contributed by atoms with Crippen molar-refractivity contribution < 1.29 is 4.79 Å². The van der Waals surface area contributed by atoms with Gasteiger partial charge in [-0.3, -0.25) is 9.69 Å². The lowest BCUT2D eigenvalue weighted by Gasteiger charge is -2.36. The molecule has 0 spiro atoms. The van der Waals surface area contributed by atoms with Gasteiger partial charge in [0.05, 0.1) is 12.6 Å². The van der Waals surface area contributed by atoms with Crippen LogP contribution in [0.2, 0.25) is 5.02 Å². The van der Waals surface area contributed by atoms with Crippen LogP contribution in [0.15, 0.2) is 24.3 Å². The van der Waals surface area contributed by atoms with Crippen molar-refractivity contribution in [2.45, 2.75) is 19.0 Å². The maximum absolute atomic E-state index is 11.8. The first-order valence-electron chi connectivity index (χ1n) is 6.08. The van der Waals surface area contributed by atoms with E-state index in [9.17, 15) is 4.79 Å². The fourth-order valence-electron chi connectivity index (χ4n) is 2.13. The maximum Gasteiger partial charge on any atom is 0.234 e. The van der Waals surface area contributed by atoms with Crippen LogP contribution < -0.4 is 11.1 Å². The number of carbonyl (C=O) groups excluding carboxylic acids is 1. The third-order valence-corrected chi connectivity index (χ3v) is 3.45. The molecule has 18 heavy (non-hydrogen) atoms. The molecular formula is C13H18ClN3O. The van der Waals surface area contributed by atoms with Crippen LogP contribution in [0.25, 0.3) is 0 Å². The number of amides is 1. The Morgan fingerprint density at radius 1 is 1.56 bits per heavy atom. The average molecular weight is 268 g/mol. The predicted molar refractivity (Wildman–Crippen MR) is 72.4 cm³/mol. The van der Waals surface area contributed by atoms with Crippen LogP contribution in [0.4, 0.5) is 0 Å². The summed E-state index contributed by atoms with van der Waals surface area (Å²) in [5.41, 5.74) is 6.60. The molecule has 4 nitrogen and oxygen atoms in total. The topological polar surface area (TPSA) is 58.4 Å².